The molecule has 0 radical (unpaired) electrons. The number of aromatic nitrogens is 1. The monoisotopic (exact) mass is 399 g/mol. The van der Waals surface area contributed by atoms with Gasteiger partial charge in [-0.15, -0.1) is 0 Å². The molecule has 2 aromatic carbocycles. The van der Waals surface area contributed by atoms with Crippen molar-refractivity contribution in [1.29, 1.82) is 0 Å². The third kappa shape index (κ3) is 2.97. The fourth-order valence-corrected chi connectivity index (χ4v) is 4.27. The second kappa shape index (κ2) is 7.22. The van der Waals surface area contributed by atoms with E-state index in [9.17, 15) is 9.59 Å². The van der Waals surface area contributed by atoms with E-state index in [0.717, 1.165) is 22.0 Å². The molecule has 6 heteroatoms. The van der Waals surface area contributed by atoms with Crippen LogP contribution in [-0.2, 0) is 18.4 Å². The molecule has 3 heterocycles. The van der Waals surface area contributed by atoms with Crippen molar-refractivity contribution in [2.45, 2.75) is 12.6 Å². The highest BCUT2D eigenvalue weighted by atomic mass is 16.3. The van der Waals surface area contributed by atoms with Crippen LogP contribution in [0.15, 0.2) is 77.5 Å². The number of fused-ring (bicyclic) bond motifs is 2. The summed E-state index contributed by atoms with van der Waals surface area (Å²) in [6, 6.07) is 19.0. The van der Waals surface area contributed by atoms with Gasteiger partial charge < -0.3 is 19.2 Å². The Balaban J connectivity index is 1.50. The summed E-state index contributed by atoms with van der Waals surface area (Å²) in [4.78, 5) is 27.6. The standard InChI is InChI=1S/C24H21N3O3/c1-26-14-20(17-8-4-5-11-21(17)26)23-18-9-2-3-10-19(18)24(29)27(23)15-22(28)25-13-16-7-6-12-30-16/h2-12,14,23H,13,15H2,1H3,(H,25,28). The van der Waals surface area contributed by atoms with Crippen LogP contribution in [0, 0.1) is 0 Å². The van der Waals surface area contributed by atoms with Crippen molar-refractivity contribution < 1.29 is 14.0 Å². The molecule has 0 spiro atoms. The molecule has 150 valence electrons. The Morgan fingerprint density at radius 2 is 1.83 bits per heavy atom. The minimum atomic E-state index is -0.311. The molecule has 4 aromatic rings. The van der Waals surface area contributed by atoms with Crippen molar-refractivity contribution in [3.63, 3.8) is 0 Å². The van der Waals surface area contributed by atoms with E-state index in [0.29, 0.717) is 17.9 Å². The second-order valence-electron chi connectivity index (χ2n) is 7.49. The summed E-state index contributed by atoms with van der Waals surface area (Å²) >= 11 is 0. The number of carbonyl (C=O) groups is 2. The van der Waals surface area contributed by atoms with Gasteiger partial charge in [0, 0.05) is 35.3 Å². The molecular formula is C24H21N3O3. The minimum absolute atomic E-state index is 0.0257. The molecule has 1 atom stereocenters. The first-order valence-corrected chi connectivity index (χ1v) is 9.86. The van der Waals surface area contributed by atoms with E-state index in [4.69, 9.17) is 4.42 Å². The van der Waals surface area contributed by atoms with Crippen molar-refractivity contribution in [3.8, 4) is 0 Å². The first-order chi connectivity index (χ1) is 14.6. The number of hydrogen-bond donors (Lipinski definition) is 1. The Morgan fingerprint density at radius 1 is 1.03 bits per heavy atom. The molecular weight excluding hydrogens is 378 g/mol. The van der Waals surface area contributed by atoms with Crippen LogP contribution in [0.2, 0.25) is 0 Å². The number of nitrogens with zero attached hydrogens (tertiary/aromatic N) is 2. The first kappa shape index (κ1) is 18.2. The zero-order valence-electron chi connectivity index (χ0n) is 16.5. The van der Waals surface area contributed by atoms with Gasteiger partial charge in [-0.3, -0.25) is 9.59 Å². The van der Waals surface area contributed by atoms with Crippen LogP contribution in [0.5, 0.6) is 0 Å². The van der Waals surface area contributed by atoms with E-state index in [1.807, 2.05) is 43.4 Å². The van der Waals surface area contributed by atoms with Crippen LogP contribution >= 0.6 is 0 Å². The third-order valence-corrected chi connectivity index (χ3v) is 5.63. The second-order valence-corrected chi connectivity index (χ2v) is 7.49. The summed E-state index contributed by atoms with van der Waals surface area (Å²) in [5.41, 5.74) is 3.68. The van der Waals surface area contributed by atoms with Gasteiger partial charge in [0.1, 0.15) is 12.3 Å². The van der Waals surface area contributed by atoms with Crippen molar-refractivity contribution in [1.82, 2.24) is 14.8 Å². The predicted molar refractivity (Wildman–Crippen MR) is 113 cm³/mol. The lowest BCUT2D eigenvalue weighted by atomic mass is 9.97. The largest absolute Gasteiger partial charge is 0.467 e. The van der Waals surface area contributed by atoms with E-state index in [-0.39, 0.29) is 24.4 Å². The number of furan rings is 1. The fraction of sp³-hybridized carbons (Fsp3) is 0.167. The number of rotatable bonds is 5. The molecule has 0 fully saturated rings. The van der Waals surface area contributed by atoms with E-state index >= 15 is 0 Å². The lowest BCUT2D eigenvalue weighted by Gasteiger charge is -2.25. The summed E-state index contributed by atoms with van der Waals surface area (Å²) < 4.78 is 7.33. The summed E-state index contributed by atoms with van der Waals surface area (Å²) in [6.07, 6.45) is 3.62. The SMILES string of the molecule is Cn1cc(C2c3ccccc3C(=O)N2CC(=O)NCc2ccco2)c2ccccc21. The van der Waals surface area contributed by atoms with Gasteiger partial charge in [-0.05, 0) is 29.8 Å². The Kier molecular flexibility index (Phi) is 4.39. The highest BCUT2D eigenvalue weighted by molar-refractivity contribution is 6.02. The number of nitrogens with one attached hydrogen (secondary N) is 1. The van der Waals surface area contributed by atoms with Crippen LogP contribution in [0.1, 0.15) is 33.3 Å². The molecule has 0 aliphatic carbocycles. The van der Waals surface area contributed by atoms with Gasteiger partial charge in [0.25, 0.3) is 5.91 Å². The minimum Gasteiger partial charge on any atom is -0.467 e. The van der Waals surface area contributed by atoms with Gasteiger partial charge in [-0.1, -0.05) is 36.4 Å². The van der Waals surface area contributed by atoms with Crippen molar-refractivity contribution >= 4 is 22.7 Å². The van der Waals surface area contributed by atoms with E-state index in [1.54, 1.807) is 23.3 Å². The van der Waals surface area contributed by atoms with E-state index < -0.39 is 0 Å². The van der Waals surface area contributed by atoms with Crippen LogP contribution in [0.25, 0.3) is 10.9 Å². The summed E-state index contributed by atoms with van der Waals surface area (Å²) in [6.45, 7) is 0.266. The maximum Gasteiger partial charge on any atom is 0.255 e. The number of hydrogen-bond acceptors (Lipinski definition) is 3. The van der Waals surface area contributed by atoms with Crippen LogP contribution < -0.4 is 5.32 Å². The molecule has 6 nitrogen and oxygen atoms in total. The van der Waals surface area contributed by atoms with Crippen LogP contribution in [0.3, 0.4) is 0 Å². The highest BCUT2D eigenvalue weighted by Gasteiger charge is 2.39. The maximum atomic E-state index is 13.2. The Labute approximate surface area is 173 Å². The molecule has 0 saturated carbocycles. The molecule has 2 aromatic heterocycles. The molecule has 5 rings (SSSR count). The van der Waals surface area contributed by atoms with Gasteiger partial charge in [-0.2, -0.15) is 0 Å². The van der Waals surface area contributed by atoms with Gasteiger partial charge in [0.2, 0.25) is 5.91 Å². The van der Waals surface area contributed by atoms with Crippen molar-refractivity contribution in [2.75, 3.05) is 6.54 Å². The fourth-order valence-electron chi connectivity index (χ4n) is 4.27. The van der Waals surface area contributed by atoms with E-state index in [1.165, 1.54) is 0 Å². The summed E-state index contributed by atoms with van der Waals surface area (Å²) in [7, 11) is 1.99. The molecule has 30 heavy (non-hydrogen) atoms. The van der Waals surface area contributed by atoms with Gasteiger partial charge in [-0.25, -0.2) is 0 Å². The van der Waals surface area contributed by atoms with Crippen LogP contribution in [0.4, 0.5) is 0 Å². The van der Waals surface area contributed by atoms with Gasteiger partial charge in [0.15, 0.2) is 0 Å². The Morgan fingerprint density at radius 3 is 2.67 bits per heavy atom. The van der Waals surface area contributed by atoms with Gasteiger partial charge >= 0.3 is 0 Å². The zero-order chi connectivity index (χ0) is 20.7. The van der Waals surface area contributed by atoms with Crippen molar-refractivity contribution in [2.24, 2.45) is 7.05 Å². The number of para-hydroxylation sites is 1. The average Bonchev–Trinajstić information content (AvgIpc) is 3.46. The molecule has 1 unspecified atom stereocenters. The lowest BCUT2D eigenvalue weighted by molar-refractivity contribution is -0.122. The molecule has 2 amide bonds. The number of aryl methyl sites for hydroxylation is 1. The first-order valence-electron chi connectivity index (χ1n) is 9.86. The predicted octanol–water partition coefficient (Wildman–Crippen LogP) is 3.63. The maximum absolute atomic E-state index is 13.2. The van der Waals surface area contributed by atoms with Crippen molar-refractivity contribution in [3.05, 3.63) is 95.6 Å². The van der Waals surface area contributed by atoms with E-state index in [2.05, 4.69) is 28.2 Å². The smallest absolute Gasteiger partial charge is 0.255 e. The zero-order valence-corrected chi connectivity index (χ0v) is 16.5. The topological polar surface area (TPSA) is 67.5 Å². The Hall–Kier alpha value is -3.80. The summed E-state index contributed by atoms with van der Waals surface area (Å²) in [5, 5.41) is 3.92. The highest BCUT2D eigenvalue weighted by Crippen LogP contribution is 2.41. The van der Waals surface area contributed by atoms with Gasteiger partial charge in [0.05, 0.1) is 18.8 Å². The molecule has 0 saturated heterocycles. The number of carbonyl (C=O) groups excluding carboxylic acids is 2. The number of benzene rings is 2. The van der Waals surface area contributed by atoms with Crippen LogP contribution in [-0.4, -0.2) is 27.8 Å². The molecule has 0 bridgehead atoms. The molecule has 1 N–H and O–H groups in total. The quantitative estimate of drug-likeness (QED) is 0.557. The third-order valence-electron chi connectivity index (χ3n) is 5.63. The Bertz CT molecular complexity index is 1240. The number of amides is 2. The molecule has 1 aliphatic heterocycles. The molecule has 1 aliphatic rings. The summed E-state index contributed by atoms with van der Waals surface area (Å²) in [5.74, 6) is 0.319. The lowest BCUT2D eigenvalue weighted by Crippen LogP contribution is -2.39. The normalized spacial score (nSPS) is 15.6. The average molecular weight is 399 g/mol.